The minimum absolute atomic E-state index is 0.675. The lowest BCUT2D eigenvalue weighted by molar-refractivity contribution is 0.783. The van der Waals surface area contributed by atoms with Crippen LogP contribution in [0.1, 0.15) is 22.3 Å². The zero-order valence-electron chi connectivity index (χ0n) is 30.9. The van der Waals surface area contributed by atoms with Gasteiger partial charge in [0, 0.05) is 29.1 Å². The number of fused-ring (bicyclic) bond motifs is 17. The number of rotatable bonds is 3. The molecular formula is C54H33N3. The van der Waals surface area contributed by atoms with Gasteiger partial charge >= 0.3 is 0 Å². The summed E-state index contributed by atoms with van der Waals surface area (Å²) in [4.78, 5) is 15.1. The van der Waals surface area contributed by atoms with Crippen LogP contribution in [0.5, 0.6) is 0 Å². The van der Waals surface area contributed by atoms with Gasteiger partial charge in [-0.3, -0.25) is 4.98 Å². The maximum Gasteiger partial charge on any atom is 0.160 e. The van der Waals surface area contributed by atoms with Crippen LogP contribution < -0.4 is 0 Å². The summed E-state index contributed by atoms with van der Waals surface area (Å²) < 4.78 is 0. The molecule has 1 atom stereocenters. The second kappa shape index (κ2) is 12.3. The highest BCUT2D eigenvalue weighted by Crippen LogP contribution is 2.64. The lowest BCUT2D eigenvalue weighted by atomic mass is 9.64. The molecule has 8 aromatic carbocycles. The molecule has 3 heteroatoms. The quantitative estimate of drug-likeness (QED) is 0.170. The van der Waals surface area contributed by atoms with Crippen molar-refractivity contribution in [2.45, 2.75) is 5.41 Å². The van der Waals surface area contributed by atoms with Crippen LogP contribution in [0.4, 0.5) is 0 Å². The van der Waals surface area contributed by atoms with E-state index in [0.29, 0.717) is 5.82 Å². The maximum atomic E-state index is 5.32. The van der Waals surface area contributed by atoms with Crippen molar-refractivity contribution in [1.82, 2.24) is 15.0 Å². The molecule has 0 N–H and O–H groups in total. The summed E-state index contributed by atoms with van der Waals surface area (Å²) in [6.07, 6.45) is 3.68. The van der Waals surface area contributed by atoms with Crippen molar-refractivity contribution in [3.05, 3.63) is 223 Å². The topological polar surface area (TPSA) is 38.7 Å². The van der Waals surface area contributed by atoms with Crippen molar-refractivity contribution in [3.8, 4) is 67.3 Å². The standard InChI is InChI=1S/C54H33N3/c1-2-15-34(16-3-1)49-32-50(36-17-14-30-55-33-36)57-53(56-49)35-28-29-42-38-19-5-4-18-37(38)41-22-10-12-26-46(41)54(48(42)31-35)47-27-13-11-25-45(47)51-43-23-8-6-20-39(43)40-21-7-9-24-44(40)52(51)54/h1-33H. The summed E-state index contributed by atoms with van der Waals surface area (Å²) in [5, 5.41) is 5.07. The number of aromatic nitrogens is 3. The van der Waals surface area contributed by atoms with Crippen LogP contribution in [0.25, 0.3) is 88.8 Å². The Kier molecular flexibility index (Phi) is 6.84. The van der Waals surface area contributed by atoms with E-state index in [1.165, 1.54) is 77.2 Å². The molecule has 0 bridgehead atoms. The molecule has 2 aliphatic rings. The van der Waals surface area contributed by atoms with Crippen LogP contribution in [-0.2, 0) is 5.41 Å². The van der Waals surface area contributed by atoms with Crippen LogP contribution in [-0.4, -0.2) is 15.0 Å². The van der Waals surface area contributed by atoms with Gasteiger partial charge in [-0.25, -0.2) is 9.97 Å². The molecule has 2 aliphatic carbocycles. The van der Waals surface area contributed by atoms with Crippen LogP contribution in [0.15, 0.2) is 200 Å². The van der Waals surface area contributed by atoms with E-state index in [9.17, 15) is 0 Å². The molecule has 12 rings (SSSR count). The Morgan fingerprint density at radius 1 is 0.351 bits per heavy atom. The van der Waals surface area contributed by atoms with Crippen molar-refractivity contribution in [1.29, 1.82) is 0 Å². The zero-order chi connectivity index (χ0) is 37.5. The highest BCUT2D eigenvalue weighted by Gasteiger charge is 2.51. The van der Waals surface area contributed by atoms with Gasteiger partial charge in [-0.2, -0.15) is 0 Å². The van der Waals surface area contributed by atoms with Gasteiger partial charge in [0.05, 0.1) is 16.8 Å². The predicted octanol–water partition coefficient (Wildman–Crippen LogP) is 13.2. The first-order valence-electron chi connectivity index (χ1n) is 19.5. The third-order valence-corrected chi connectivity index (χ3v) is 12.2. The molecule has 1 spiro atoms. The van der Waals surface area contributed by atoms with Crippen molar-refractivity contribution in [3.63, 3.8) is 0 Å². The van der Waals surface area contributed by atoms with E-state index in [-0.39, 0.29) is 0 Å². The van der Waals surface area contributed by atoms with E-state index < -0.39 is 5.41 Å². The Hall–Kier alpha value is -7.49. The van der Waals surface area contributed by atoms with Gasteiger partial charge in [-0.15, -0.1) is 0 Å². The molecule has 0 saturated heterocycles. The monoisotopic (exact) mass is 723 g/mol. The fourth-order valence-corrected chi connectivity index (χ4v) is 9.90. The van der Waals surface area contributed by atoms with Crippen LogP contribution in [0, 0.1) is 0 Å². The molecule has 1 unspecified atom stereocenters. The fourth-order valence-electron chi connectivity index (χ4n) is 9.90. The largest absolute Gasteiger partial charge is 0.264 e. The van der Waals surface area contributed by atoms with Gasteiger partial charge in [0.1, 0.15) is 0 Å². The Morgan fingerprint density at radius 2 is 0.895 bits per heavy atom. The molecule has 0 fully saturated rings. The molecule has 264 valence electrons. The Labute approximate surface area is 330 Å². The van der Waals surface area contributed by atoms with Crippen molar-refractivity contribution in [2.24, 2.45) is 0 Å². The van der Waals surface area contributed by atoms with Gasteiger partial charge in [0.25, 0.3) is 0 Å². The fraction of sp³-hybridized carbons (Fsp3) is 0.0185. The van der Waals surface area contributed by atoms with Crippen molar-refractivity contribution < 1.29 is 0 Å². The van der Waals surface area contributed by atoms with E-state index in [0.717, 1.165) is 28.1 Å². The summed E-state index contributed by atoms with van der Waals surface area (Å²) in [5.41, 5.74) is 16.6. The maximum absolute atomic E-state index is 5.32. The zero-order valence-corrected chi connectivity index (χ0v) is 30.9. The first-order chi connectivity index (χ1) is 28.3. The minimum atomic E-state index is -0.681. The van der Waals surface area contributed by atoms with Crippen molar-refractivity contribution in [2.75, 3.05) is 0 Å². The summed E-state index contributed by atoms with van der Waals surface area (Å²) in [5.74, 6) is 0.675. The lowest BCUT2D eigenvalue weighted by Gasteiger charge is -2.36. The average molecular weight is 724 g/mol. The number of hydrogen-bond donors (Lipinski definition) is 0. The summed E-state index contributed by atoms with van der Waals surface area (Å²) in [7, 11) is 0. The van der Waals surface area contributed by atoms with Crippen LogP contribution in [0.3, 0.4) is 0 Å². The van der Waals surface area contributed by atoms with Gasteiger partial charge in [-0.05, 0) is 101 Å². The smallest absolute Gasteiger partial charge is 0.160 e. The third-order valence-electron chi connectivity index (χ3n) is 12.2. The Balaban J connectivity index is 1.26. The normalized spacial score (nSPS) is 14.7. The molecule has 0 radical (unpaired) electrons. The first-order valence-corrected chi connectivity index (χ1v) is 19.5. The molecule has 2 heterocycles. The van der Waals surface area contributed by atoms with E-state index in [2.05, 4.69) is 181 Å². The van der Waals surface area contributed by atoms with E-state index in [1.54, 1.807) is 6.20 Å². The van der Waals surface area contributed by atoms with E-state index in [4.69, 9.17) is 9.97 Å². The molecule has 0 saturated carbocycles. The molecule has 2 aromatic heterocycles. The van der Waals surface area contributed by atoms with Crippen LogP contribution in [0.2, 0.25) is 0 Å². The van der Waals surface area contributed by atoms with Gasteiger partial charge < -0.3 is 0 Å². The highest BCUT2D eigenvalue weighted by atomic mass is 14.9. The number of pyridine rings is 1. The Bertz CT molecular complexity index is 3180. The minimum Gasteiger partial charge on any atom is -0.264 e. The summed E-state index contributed by atoms with van der Waals surface area (Å²) in [6.45, 7) is 0. The molecule has 0 aliphatic heterocycles. The number of nitrogens with zero attached hydrogens (tertiary/aromatic N) is 3. The molecule has 3 nitrogen and oxygen atoms in total. The second-order valence-electron chi connectivity index (χ2n) is 15.1. The van der Waals surface area contributed by atoms with Gasteiger partial charge in [0.15, 0.2) is 5.82 Å². The average Bonchev–Trinajstić information content (AvgIpc) is 3.56. The second-order valence-corrected chi connectivity index (χ2v) is 15.1. The van der Waals surface area contributed by atoms with Crippen molar-refractivity contribution >= 4 is 21.5 Å². The molecular weight excluding hydrogens is 691 g/mol. The number of benzene rings is 8. The molecule has 10 aromatic rings. The molecule has 0 amide bonds. The Morgan fingerprint density at radius 3 is 1.61 bits per heavy atom. The third kappa shape index (κ3) is 4.51. The van der Waals surface area contributed by atoms with E-state index >= 15 is 0 Å². The lowest BCUT2D eigenvalue weighted by Crippen LogP contribution is -2.29. The predicted molar refractivity (Wildman–Crippen MR) is 233 cm³/mol. The summed E-state index contributed by atoms with van der Waals surface area (Å²) in [6, 6.07) is 68.5. The summed E-state index contributed by atoms with van der Waals surface area (Å²) >= 11 is 0. The SMILES string of the molecule is c1ccc(-c2cc(-c3cccnc3)nc(-c3ccc4c(c3)C3(c5ccccc5-c5ccccc5-4)c4ccccc4-c4c3c3ccccc3c3ccccc43)n2)cc1. The first kappa shape index (κ1) is 31.8. The van der Waals surface area contributed by atoms with Gasteiger partial charge in [0.2, 0.25) is 0 Å². The van der Waals surface area contributed by atoms with E-state index in [1.807, 2.05) is 18.3 Å². The number of hydrogen-bond acceptors (Lipinski definition) is 3. The molecule has 57 heavy (non-hydrogen) atoms. The van der Waals surface area contributed by atoms with Crippen LogP contribution >= 0.6 is 0 Å². The highest BCUT2D eigenvalue weighted by molar-refractivity contribution is 6.19. The van der Waals surface area contributed by atoms with Gasteiger partial charge in [-0.1, -0.05) is 164 Å².